The third kappa shape index (κ3) is 2.52. The van der Waals surface area contributed by atoms with Crippen molar-refractivity contribution in [1.82, 2.24) is 5.48 Å². The van der Waals surface area contributed by atoms with Gasteiger partial charge in [0.15, 0.2) is 0 Å². The van der Waals surface area contributed by atoms with Crippen molar-refractivity contribution in [2.75, 3.05) is 6.61 Å². The predicted octanol–water partition coefficient (Wildman–Crippen LogP) is 1.33. The Morgan fingerprint density at radius 2 is 2.44 bits per heavy atom. The molecule has 0 bridgehead atoms. The summed E-state index contributed by atoms with van der Waals surface area (Å²) < 4.78 is 0. The Morgan fingerprint density at radius 3 is 3.19 bits per heavy atom. The molecule has 16 heavy (non-hydrogen) atoms. The number of hydrogen-bond acceptors (Lipinski definition) is 3. The molecule has 1 aliphatic carbocycles. The Morgan fingerprint density at radius 1 is 1.62 bits per heavy atom. The van der Waals surface area contributed by atoms with Gasteiger partial charge in [-0.05, 0) is 36.1 Å². The van der Waals surface area contributed by atoms with E-state index in [1.807, 2.05) is 18.2 Å². The second kappa shape index (κ2) is 4.82. The van der Waals surface area contributed by atoms with Crippen LogP contribution in [0, 0.1) is 0 Å². The zero-order valence-corrected chi connectivity index (χ0v) is 9.46. The minimum absolute atomic E-state index is 0.112. The maximum absolute atomic E-state index is 10.5. The summed E-state index contributed by atoms with van der Waals surface area (Å²) in [7, 11) is 0. The molecule has 1 atom stereocenters. The van der Waals surface area contributed by atoms with Gasteiger partial charge in [-0.15, -0.1) is 0 Å². The van der Waals surface area contributed by atoms with E-state index >= 15 is 0 Å². The van der Waals surface area contributed by atoms with Crippen molar-refractivity contribution in [2.45, 2.75) is 18.9 Å². The van der Waals surface area contributed by atoms with E-state index in [9.17, 15) is 4.79 Å². The number of rotatable bonds is 4. The summed E-state index contributed by atoms with van der Waals surface area (Å²) in [5.41, 5.74) is 10.2. The predicted molar refractivity (Wildman–Crippen MR) is 60.8 cm³/mol. The summed E-state index contributed by atoms with van der Waals surface area (Å²) in [6, 6.07) is 5.92. The van der Waals surface area contributed by atoms with Crippen LogP contribution in [0.2, 0.25) is 5.02 Å². The van der Waals surface area contributed by atoms with Crippen LogP contribution in [-0.4, -0.2) is 12.5 Å². The molecule has 86 valence electrons. The first-order valence-electron chi connectivity index (χ1n) is 5.11. The third-order valence-corrected chi connectivity index (χ3v) is 2.86. The van der Waals surface area contributed by atoms with Crippen LogP contribution >= 0.6 is 11.6 Å². The van der Waals surface area contributed by atoms with Crippen LogP contribution in [0.5, 0.6) is 0 Å². The molecule has 0 saturated carbocycles. The first-order valence-corrected chi connectivity index (χ1v) is 5.48. The summed E-state index contributed by atoms with van der Waals surface area (Å²) in [5.74, 6) is -0.484. The molecule has 0 aliphatic heterocycles. The lowest BCUT2D eigenvalue weighted by molar-refractivity contribution is -0.126. The minimum atomic E-state index is -0.484. The van der Waals surface area contributed by atoms with E-state index < -0.39 is 5.91 Å². The average molecular weight is 241 g/mol. The first kappa shape index (κ1) is 11.4. The van der Waals surface area contributed by atoms with Crippen LogP contribution in [0.3, 0.4) is 0 Å². The molecule has 0 spiro atoms. The quantitative estimate of drug-likeness (QED) is 0.781. The number of hydroxylamine groups is 1. The van der Waals surface area contributed by atoms with E-state index in [4.69, 9.17) is 22.2 Å². The van der Waals surface area contributed by atoms with Crippen LogP contribution in [0.4, 0.5) is 0 Å². The molecular formula is C11H13ClN2O2. The standard InChI is InChI=1S/C11H13ClN2O2/c12-8-2-3-9-7(5-8)1-4-10(9)14-16-6-11(13)15/h2-3,5,10,14H,1,4,6H2,(H2,13,15). The summed E-state index contributed by atoms with van der Waals surface area (Å²) in [6.45, 7) is -0.112. The van der Waals surface area contributed by atoms with Gasteiger partial charge in [-0.2, -0.15) is 5.48 Å². The van der Waals surface area contributed by atoms with Gasteiger partial charge >= 0.3 is 0 Å². The Kier molecular flexibility index (Phi) is 3.43. The van der Waals surface area contributed by atoms with Crippen LogP contribution in [0.25, 0.3) is 0 Å². The Hall–Kier alpha value is -1.10. The van der Waals surface area contributed by atoms with E-state index in [1.54, 1.807) is 0 Å². The highest BCUT2D eigenvalue weighted by Gasteiger charge is 2.22. The van der Waals surface area contributed by atoms with E-state index in [-0.39, 0.29) is 12.6 Å². The lowest BCUT2D eigenvalue weighted by atomic mass is 10.1. The number of primary amides is 1. The van der Waals surface area contributed by atoms with Crippen LogP contribution in [0.15, 0.2) is 18.2 Å². The fraction of sp³-hybridized carbons (Fsp3) is 0.364. The molecule has 1 unspecified atom stereocenters. The largest absolute Gasteiger partial charge is 0.368 e. The maximum Gasteiger partial charge on any atom is 0.245 e. The molecule has 3 N–H and O–H groups in total. The molecule has 1 amide bonds. The van der Waals surface area contributed by atoms with Gasteiger partial charge in [0.1, 0.15) is 6.61 Å². The van der Waals surface area contributed by atoms with Gasteiger partial charge in [0.2, 0.25) is 5.91 Å². The lowest BCUT2D eigenvalue weighted by Gasteiger charge is -2.12. The van der Waals surface area contributed by atoms with Gasteiger partial charge in [0, 0.05) is 5.02 Å². The number of nitrogens with two attached hydrogens (primary N) is 1. The molecule has 2 rings (SSSR count). The van der Waals surface area contributed by atoms with Crippen molar-refractivity contribution in [1.29, 1.82) is 0 Å². The number of amides is 1. The van der Waals surface area contributed by atoms with Crippen LogP contribution < -0.4 is 11.2 Å². The van der Waals surface area contributed by atoms with Crippen molar-refractivity contribution < 1.29 is 9.63 Å². The number of benzene rings is 1. The molecule has 1 aliphatic rings. The van der Waals surface area contributed by atoms with E-state index in [2.05, 4.69) is 5.48 Å². The molecule has 0 fully saturated rings. The van der Waals surface area contributed by atoms with E-state index in [0.717, 1.165) is 17.9 Å². The molecule has 0 aromatic heterocycles. The topological polar surface area (TPSA) is 64.4 Å². The number of aryl methyl sites for hydroxylation is 1. The van der Waals surface area contributed by atoms with Gasteiger partial charge in [-0.3, -0.25) is 9.63 Å². The number of carbonyl (C=O) groups is 1. The molecule has 0 heterocycles. The monoisotopic (exact) mass is 240 g/mol. The summed E-state index contributed by atoms with van der Waals surface area (Å²) >= 11 is 5.90. The first-order chi connectivity index (χ1) is 7.66. The number of carbonyl (C=O) groups excluding carboxylic acids is 1. The van der Waals surface area contributed by atoms with Crippen LogP contribution in [-0.2, 0) is 16.1 Å². The van der Waals surface area contributed by atoms with Gasteiger partial charge in [-0.1, -0.05) is 17.7 Å². The second-order valence-electron chi connectivity index (χ2n) is 3.81. The molecule has 0 radical (unpaired) electrons. The third-order valence-electron chi connectivity index (χ3n) is 2.62. The van der Waals surface area contributed by atoms with Crippen molar-refractivity contribution in [3.8, 4) is 0 Å². The maximum atomic E-state index is 10.5. The molecule has 5 heteroatoms. The van der Waals surface area contributed by atoms with Gasteiger partial charge < -0.3 is 5.73 Å². The highest BCUT2D eigenvalue weighted by molar-refractivity contribution is 6.30. The van der Waals surface area contributed by atoms with Crippen molar-refractivity contribution >= 4 is 17.5 Å². The Labute approximate surface area is 98.7 Å². The average Bonchev–Trinajstić information content (AvgIpc) is 2.60. The minimum Gasteiger partial charge on any atom is -0.368 e. The van der Waals surface area contributed by atoms with Crippen molar-refractivity contribution in [3.05, 3.63) is 34.3 Å². The zero-order valence-electron chi connectivity index (χ0n) is 8.70. The zero-order chi connectivity index (χ0) is 11.5. The SMILES string of the molecule is NC(=O)CONC1CCc2cc(Cl)ccc21. The van der Waals surface area contributed by atoms with Crippen molar-refractivity contribution in [2.24, 2.45) is 5.73 Å². The number of nitrogens with one attached hydrogen (secondary N) is 1. The second-order valence-corrected chi connectivity index (χ2v) is 4.24. The van der Waals surface area contributed by atoms with Crippen molar-refractivity contribution in [3.63, 3.8) is 0 Å². The fourth-order valence-electron chi connectivity index (χ4n) is 1.92. The molecule has 1 aromatic rings. The fourth-order valence-corrected chi connectivity index (χ4v) is 2.12. The number of hydrogen-bond donors (Lipinski definition) is 2. The molecule has 0 saturated heterocycles. The number of fused-ring (bicyclic) bond motifs is 1. The van der Waals surface area contributed by atoms with Gasteiger partial charge in [0.05, 0.1) is 6.04 Å². The summed E-state index contributed by atoms with van der Waals surface area (Å²) in [5, 5.41) is 0.748. The molecular weight excluding hydrogens is 228 g/mol. The Balaban J connectivity index is 1.98. The lowest BCUT2D eigenvalue weighted by Crippen LogP contribution is -2.27. The normalized spacial score (nSPS) is 18.4. The van der Waals surface area contributed by atoms with Gasteiger partial charge in [-0.25, -0.2) is 0 Å². The van der Waals surface area contributed by atoms with E-state index in [0.29, 0.717) is 0 Å². The Bertz CT molecular complexity index is 409. The summed E-state index contributed by atoms with van der Waals surface area (Å²) in [6.07, 6.45) is 1.90. The highest BCUT2D eigenvalue weighted by atomic mass is 35.5. The van der Waals surface area contributed by atoms with Gasteiger partial charge in [0.25, 0.3) is 0 Å². The van der Waals surface area contributed by atoms with Crippen LogP contribution in [0.1, 0.15) is 23.6 Å². The molecule has 4 nitrogen and oxygen atoms in total. The number of halogens is 1. The highest BCUT2D eigenvalue weighted by Crippen LogP contribution is 2.32. The summed E-state index contributed by atoms with van der Waals surface area (Å²) in [4.78, 5) is 15.5. The van der Waals surface area contributed by atoms with E-state index in [1.165, 1.54) is 11.1 Å². The molecule has 1 aromatic carbocycles. The smallest absolute Gasteiger partial charge is 0.245 e.